The molecule has 1 amide bonds. The van der Waals surface area contributed by atoms with Crippen molar-refractivity contribution < 1.29 is 14.3 Å². The van der Waals surface area contributed by atoms with Gasteiger partial charge in [0.25, 0.3) is 5.91 Å². The SMILES string of the molecule is COc1ccc2c(c1)OCC(CNC(=O)c1ccc(-n3cccn3)cc1)C2. The summed E-state index contributed by atoms with van der Waals surface area (Å²) in [4.78, 5) is 12.4. The molecule has 0 bridgehead atoms. The first kappa shape index (κ1) is 17.1. The van der Waals surface area contributed by atoms with Crippen LogP contribution in [0.25, 0.3) is 5.69 Å². The van der Waals surface area contributed by atoms with Gasteiger partial charge in [-0.05, 0) is 48.4 Å². The van der Waals surface area contributed by atoms with Crippen molar-refractivity contribution >= 4 is 5.91 Å². The molecule has 1 aromatic heterocycles. The van der Waals surface area contributed by atoms with Gasteiger partial charge in [0, 0.05) is 36.5 Å². The highest BCUT2D eigenvalue weighted by Crippen LogP contribution is 2.30. The number of carbonyl (C=O) groups is 1. The van der Waals surface area contributed by atoms with Gasteiger partial charge < -0.3 is 14.8 Å². The maximum Gasteiger partial charge on any atom is 0.251 e. The second-order valence-electron chi connectivity index (χ2n) is 6.56. The molecule has 6 heteroatoms. The highest BCUT2D eigenvalue weighted by atomic mass is 16.5. The topological polar surface area (TPSA) is 65.4 Å². The van der Waals surface area contributed by atoms with E-state index in [2.05, 4.69) is 10.4 Å². The zero-order valence-electron chi connectivity index (χ0n) is 15.1. The summed E-state index contributed by atoms with van der Waals surface area (Å²) in [6, 6.07) is 15.1. The largest absolute Gasteiger partial charge is 0.497 e. The van der Waals surface area contributed by atoms with E-state index in [4.69, 9.17) is 9.47 Å². The average molecular weight is 363 g/mol. The van der Waals surface area contributed by atoms with Crippen molar-refractivity contribution in [3.05, 3.63) is 72.1 Å². The maximum atomic E-state index is 12.4. The number of rotatable bonds is 5. The van der Waals surface area contributed by atoms with Gasteiger partial charge in [-0.25, -0.2) is 4.68 Å². The summed E-state index contributed by atoms with van der Waals surface area (Å²) in [6.07, 6.45) is 4.46. The molecule has 2 aromatic carbocycles. The summed E-state index contributed by atoms with van der Waals surface area (Å²) < 4.78 is 12.8. The Labute approximate surface area is 157 Å². The number of amides is 1. The van der Waals surface area contributed by atoms with E-state index in [9.17, 15) is 4.79 Å². The molecule has 0 saturated heterocycles. The van der Waals surface area contributed by atoms with Crippen molar-refractivity contribution in [3.8, 4) is 17.2 Å². The number of ether oxygens (including phenoxy) is 2. The third kappa shape index (κ3) is 3.79. The van der Waals surface area contributed by atoms with Gasteiger partial charge in [-0.3, -0.25) is 4.79 Å². The maximum absolute atomic E-state index is 12.4. The van der Waals surface area contributed by atoms with Gasteiger partial charge in [0.1, 0.15) is 11.5 Å². The Morgan fingerprint density at radius 2 is 2.15 bits per heavy atom. The summed E-state index contributed by atoms with van der Waals surface area (Å²) in [7, 11) is 1.64. The molecule has 138 valence electrons. The minimum atomic E-state index is -0.0810. The highest BCUT2D eigenvalue weighted by molar-refractivity contribution is 5.94. The van der Waals surface area contributed by atoms with Gasteiger partial charge in [-0.1, -0.05) is 6.07 Å². The molecule has 0 aliphatic carbocycles. The summed E-state index contributed by atoms with van der Waals surface area (Å²) >= 11 is 0. The Bertz CT molecular complexity index is 920. The number of nitrogens with zero attached hydrogens (tertiary/aromatic N) is 2. The van der Waals surface area contributed by atoms with Crippen LogP contribution in [0.1, 0.15) is 15.9 Å². The molecular formula is C21H21N3O3. The first-order valence-corrected chi connectivity index (χ1v) is 8.91. The van der Waals surface area contributed by atoms with Crippen LogP contribution in [0, 0.1) is 5.92 Å². The minimum absolute atomic E-state index is 0.0810. The smallest absolute Gasteiger partial charge is 0.251 e. The van der Waals surface area contributed by atoms with Crippen LogP contribution in [0.4, 0.5) is 0 Å². The standard InChI is InChI=1S/C21H21N3O3/c1-26-19-8-5-17-11-15(14-27-20(17)12-19)13-22-21(25)16-3-6-18(7-4-16)24-10-2-9-23-24/h2-10,12,15H,11,13-14H2,1H3,(H,22,25). The second-order valence-corrected chi connectivity index (χ2v) is 6.56. The number of fused-ring (bicyclic) bond motifs is 1. The Morgan fingerprint density at radius 3 is 2.89 bits per heavy atom. The molecule has 27 heavy (non-hydrogen) atoms. The van der Waals surface area contributed by atoms with E-state index in [1.165, 1.54) is 0 Å². The van der Waals surface area contributed by atoms with Crippen molar-refractivity contribution in [2.45, 2.75) is 6.42 Å². The zero-order valence-corrected chi connectivity index (χ0v) is 15.1. The normalized spacial score (nSPS) is 15.5. The van der Waals surface area contributed by atoms with Crippen LogP contribution in [0.3, 0.4) is 0 Å². The predicted molar refractivity (Wildman–Crippen MR) is 102 cm³/mol. The fourth-order valence-corrected chi connectivity index (χ4v) is 3.20. The number of nitrogens with one attached hydrogen (secondary N) is 1. The van der Waals surface area contributed by atoms with E-state index in [0.29, 0.717) is 18.7 Å². The van der Waals surface area contributed by atoms with E-state index < -0.39 is 0 Å². The second kappa shape index (κ2) is 7.53. The van der Waals surface area contributed by atoms with Crippen molar-refractivity contribution in [1.29, 1.82) is 0 Å². The van der Waals surface area contributed by atoms with Crippen LogP contribution in [0.5, 0.6) is 11.5 Å². The van der Waals surface area contributed by atoms with E-state index in [-0.39, 0.29) is 11.8 Å². The summed E-state index contributed by atoms with van der Waals surface area (Å²) in [6.45, 7) is 1.16. The summed E-state index contributed by atoms with van der Waals surface area (Å²) in [5.74, 6) is 1.82. The molecule has 6 nitrogen and oxygen atoms in total. The van der Waals surface area contributed by atoms with Crippen molar-refractivity contribution in [1.82, 2.24) is 15.1 Å². The molecule has 0 saturated carbocycles. The molecule has 1 atom stereocenters. The lowest BCUT2D eigenvalue weighted by Crippen LogP contribution is -2.34. The van der Waals surface area contributed by atoms with E-state index in [1.54, 1.807) is 18.0 Å². The molecule has 4 rings (SSSR count). The van der Waals surface area contributed by atoms with Crippen LogP contribution in [0.15, 0.2) is 60.9 Å². The van der Waals surface area contributed by atoms with Gasteiger partial charge in [0.05, 0.1) is 19.4 Å². The lowest BCUT2D eigenvalue weighted by atomic mass is 9.96. The Hall–Kier alpha value is -3.28. The molecule has 1 aliphatic rings. The molecule has 0 spiro atoms. The number of hydrogen-bond donors (Lipinski definition) is 1. The highest BCUT2D eigenvalue weighted by Gasteiger charge is 2.21. The molecule has 1 N–H and O–H groups in total. The van der Waals surface area contributed by atoms with Crippen LogP contribution in [-0.2, 0) is 6.42 Å². The summed E-state index contributed by atoms with van der Waals surface area (Å²) in [5, 5.41) is 7.19. The lowest BCUT2D eigenvalue weighted by Gasteiger charge is -2.25. The number of carbonyl (C=O) groups excluding carboxylic acids is 1. The van der Waals surface area contributed by atoms with Gasteiger partial charge in [-0.15, -0.1) is 0 Å². The van der Waals surface area contributed by atoms with Crippen LogP contribution in [0.2, 0.25) is 0 Å². The number of aromatic nitrogens is 2. The van der Waals surface area contributed by atoms with Gasteiger partial charge in [-0.2, -0.15) is 5.10 Å². The molecule has 0 fully saturated rings. The molecule has 0 radical (unpaired) electrons. The fourth-order valence-electron chi connectivity index (χ4n) is 3.20. The van der Waals surface area contributed by atoms with Gasteiger partial charge in [0.2, 0.25) is 0 Å². The van der Waals surface area contributed by atoms with Crippen molar-refractivity contribution in [2.24, 2.45) is 5.92 Å². The first-order chi connectivity index (χ1) is 13.2. The van der Waals surface area contributed by atoms with E-state index in [0.717, 1.165) is 29.2 Å². The number of benzene rings is 2. The lowest BCUT2D eigenvalue weighted by molar-refractivity contribution is 0.0939. The molecule has 1 aliphatic heterocycles. The van der Waals surface area contributed by atoms with Crippen LogP contribution < -0.4 is 14.8 Å². The Kier molecular flexibility index (Phi) is 4.78. The molecular weight excluding hydrogens is 342 g/mol. The predicted octanol–water partition coefficient (Wildman–Crippen LogP) is 2.86. The average Bonchev–Trinajstić information content (AvgIpc) is 3.26. The number of methoxy groups -OCH3 is 1. The van der Waals surface area contributed by atoms with Crippen LogP contribution in [-0.4, -0.2) is 35.9 Å². The third-order valence-corrected chi connectivity index (χ3v) is 4.71. The molecule has 2 heterocycles. The van der Waals surface area contributed by atoms with E-state index >= 15 is 0 Å². The molecule has 1 unspecified atom stereocenters. The van der Waals surface area contributed by atoms with Gasteiger partial charge >= 0.3 is 0 Å². The Balaban J connectivity index is 1.34. The summed E-state index contributed by atoms with van der Waals surface area (Å²) in [5.41, 5.74) is 2.70. The van der Waals surface area contributed by atoms with E-state index in [1.807, 2.05) is 54.7 Å². The zero-order chi connectivity index (χ0) is 18.6. The minimum Gasteiger partial charge on any atom is -0.497 e. The quantitative estimate of drug-likeness (QED) is 0.757. The van der Waals surface area contributed by atoms with Crippen LogP contribution >= 0.6 is 0 Å². The number of hydrogen-bond acceptors (Lipinski definition) is 4. The van der Waals surface area contributed by atoms with Crippen molar-refractivity contribution in [2.75, 3.05) is 20.3 Å². The fraction of sp³-hybridized carbons (Fsp3) is 0.238. The van der Waals surface area contributed by atoms with Crippen molar-refractivity contribution in [3.63, 3.8) is 0 Å². The van der Waals surface area contributed by atoms with Gasteiger partial charge in [0.15, 0.2) is 0 Å². The monoisotopic (exact) mass is 363 g/mol. The third-order valence-electron chi connectivity index (χ3n) is 4.71. The first-order valence-electron chi connectivity index (χ1n) is 8.91. The Morgan fingerprint density at radius 1 is 1.30 bits per heavy atom. The molecule has 3 aromatic rings.